The van der Waals surface area contributed by atoms with E-state index in [2.05, 4.69) is 5.16 Å². The third-order valence-corrected chi connectivity index (χ3v) is 4.10. The molecule has 0 atom stereocenters. The maximum atomic E-state index is 10.3. The Bertz CT molecular complexity index is 363. The fourth-order valence-electron chi connectivity index (χ4n) is 1.37. The van der Waals surface area contributed by atoms with Crippen LogP contribution < -0.4 is 0 Å². The zero-order chi connectivity index (χ0) is 12.7. The average Bonchev–Trinajstić information content (AvgIpc) is 2.31. The summed E-state index contributed by atoms with van der Waals surface area (Å²) >= 11 is 0. The highest BCUT2D eigenvalue weighted by Crippen LogP contribution is 2.59. The molecule has 0 bridgehead atoms. The summed E-state index contributed by atoms with van der Waals surface area (Å²) in [5, 5.41) is 12.2. The summed E-state index contributed by atoms with van der Waals surface area (Å²) in [5.41, 5.74) is 0.620. The van der Waals surface area contributed by atoms with Crippen LogP contribution in [0, 0.1) is 0 Å². The molecule has 0 aliphatic heterocycles. The van der Waals surface area contributed by atoms with Gasteiger partial charge in [-0.15, -0.1) is 0 Å². The van der Waals surface area contributed by atoms with Gasteiger partial charge < -0.3 is 5.21 Å². The van der Waals surface area contributed by atoms with Crippen LogP contribution in [0.1, 0.15) is 19.4 Å². The van der Waals surface area contributed by atoms with Crippen molar-refractivity contribution in [2.75, 3.05) is 13.2 Å². The predicted octanol–water partition coefficient (Wildman–Crippen LogP) is 2.65. The Hall–Kier alpha value is -1.00. The molecule has 0 radical (unpaired) electrons. The average molecular weight is 258 g/mol. The zero-order valence-corrected chi connectivity index (χ0v) is 10.8. The van der Waals surface area contributed by atoms with Gasteiger partial charge in [0.25, 0.3) is 0 Å². The van der Waals surface area contributed by atoms with Gasteiger partial charge >= 0.3 is 13.4 Å². The van der Waals surface area contributed by atoms with E-state index in [1.165, 1.54) is 0 Å². The van der Waals surface area contributed by atoms with Crippen molar-refractivity contribution in [2.45, 2.75) is 13.8 Å². The Morgan fingerprint density at radius 2 is 1.71 bits per heavy atom. The molecule has 0 aliphatic rings. The van der Waals surface area contributed by atoms with E-state index in [1.807, 2.05) is 6.07 Å². The van der Waals surface area contributed by atoms with Crippen molar-refractivity contribution in [1.82, 2.24) is 0 Å². The van der Waals surface area contributed by atoms with E-state index >= 15 is 0 Å². The van der Waals surface area contributed by atoms with Gasteiger partial charge in [0.15, 0.2) is 0 Å². The lowest BCUT2D eigenvalue weighted by Crippen LogP contribution is -2.14. The molecule has 1 aromatic carbocycles. The molecule has 0 aliphatic carbocycles. The first-order chi connectivity index (χ1) is 8.18. The highest BCUT2D eigenvalue weighted by molar-refractivity contribution is 7.78. The molecule has 2 N–H and O–H groups in total. The first-order valence-electron chi connectivity index (χ1n) is 5.36. The molecule has 0 amide bonds. The summed E-state index contributed by atoms with van der Waals surface area (Å²) in [7, 11) is -3.30. The highest BCUT2D eigenvalue weighted by atomic mass is 31.2. The lowest BCUT2D eigenvalue weighted by atomic mass is 10.2. The highest BCUT2D eigenvalue weighted by Gasteiger charge is 2.49. The first-order valence-corrected chi connectivity index (χ1v) is 6.94. The van der Waals surface area contributed by atoms with Crippen molar-refractivity contribution in [3.05, 3.63) is 35.9 Å². The minimum atomic E-state index is -3.30. The molecule has 17 heavy (non-hydrogen) atoms. The lowest BCUT2D eigenvalue weighted by Gasteiger charge is -2.15. The van der Waals surface area contributed by atoms with Gasteiger partial charge in [-0.2, -0.15) is 13.9 Å². The molecule has 0 heterocycles. The number of benzene rings is 1. The molecule has 1 rings (SSSR count). The fraction of sp³-hybridized carbons (Fsp3) is 0.364. The largest absolute Gasteiger partial charge is 0.469 e. The molecule has 1 aromatic rings. The van der Waals surface area contributed by atoms with Crippen molar-refractivity contribution in [1.29, 1.82) is 0 Å². The van der Waals surface area contributed by atoms with Crippen LogP contribution in [0.25, 0.3) is 0 Å². The maximum absolute atomic E-state index is 10.3. The van der Waals surface area contributed by atoms with Crippen molar-refractivity contribution < 1.29 is 19.1 Å². The summed E-state index contributed by atoms with van der Waals surface area (Å²) in [6, 6.07) is 8.83. The molecule has 5 nitrogen and oxygen atoms in total. The fourth-order valence-corrected chi connectivity index (χ4v) is 2.98. The van der Waals surface area contributed by atoms with Crippen LogP contribution in [-0.4, -0.2) is 28.8 Å². The number of rotatable bonds is 6. The minimum absolute atomic E-state index is 0.0433. The van der Waals surface area contributed by atoms with Gasteiger partial charge in [-0.3, -0.25) is 0 Å². The molecule has 0 fully saturated rings. The lowest BCUT2D eigenvalue weighted by molar-refractivity contribution is 0.202. The molecular formula is C11H17NO4P+. The summed E-state index contributed by atoms with van der Waals surface area (Å²) in [6.07, 6.45) is 0. The van der Waals surface area contributed by atoms with Crippen molar-refractivity contribution in [3.63, 3.8) is 0 Å². The van der Waals surface area contributed by atoms with Crippen LogP contribution in [-0.2, 0) is 9.05 Å². The van der Waals surface area contributed by atoms with E-state index < -0.39 is 7.94 Å². The smallest absolute Gasteiger partial charge is 0.407 e. The molecule has 0 aromatic heterocycles. The molecule has 0 saturated heterocycles. The second-order valence-electron chi connectivity index (χ2n) is 3.15. The topological polar surface area (TPSA) is 71.3 Å². The van der Waals surface area contributed by atoms with Gasteiger partial charge in [0.05, 0.1) is 13.2 Å². The first kappa shape index (κ1) is 14.1. The summed E-state index contributed by atoms with van der Waals surface area (Å²) < 4.78 is 10.5. The third-order valence-electron chi connectivity index (χ3n) is 2.00. The van der Waals surface area contributed by atoms with Crippen LogP contribution in [0.2, 0.25) is 0 Å². The predicted molar refractivity (Wildman–Crippen MR) is 67.2 cm³/mol. The quantitative estimate of drug-likeness (QED) is 0.356. The van der Waals surface area contributed by atoms with E-state index in [1.54, 1.807) is 38.1 Å². The Morgan fingerprint density at radius 3 is 2.12 bits per heavy atom. The van der Waals surface area contributed by atoms with E-state index in [4.69, 9.17) is 14.3 Å². The second kappa shape index (κ2) is 6.67. The Labute approximate surface area is 101 Å². The number of oxime groups is 1. The molecule has 0 saturated carbocycles. The Balaban J connectivity index is 3.07. The molecular weight excluding hydrogens is 241 g/mol. The normalized spacial score (nSPS) is 12.8. The van der Waals surface area contributed by atoms with Crippen molar-refractivity contribution in [2.24, 2.45) is 5.16 Å². The second-order valence-corrected chi connectivity index (χ2v) is 5.13. The zero-order valence-electron chi connectivity index (χ0n) is 9.91. The van der Waals surface area contributed by atoms with Crippen LogP contribution in [0.4, 0.5) is 0 Å². The van der Waals surface area contributed by atoms with Crippen molar-refractivity contribution >= 4 is 13.4 Å². The Kier molecular flexibility index (Phi) is 5.51. The third kappa shape index (κ3) is 3.48. The van der Waals surface area contributed by atoms with Gasteiger partial charge in [0, 0.05) is 5.56 Å². The van der Waals surface area contributed by atoms with Crippen LogP contribution >= 0.6 is 7.94 Å². The molecule has 0 spiro atoms. The van der Waals surface area contributed by atoms with Gasteiger partial charge in [0.2, 0.25) is 0 Å². The summed E-state index contributed by atoms with van der Waals surface area (Å²) in [6.45, 7) is 4.03. The summed E-state index contributed by atoms with van der Waals surface area (Å²) in [5.74, 6) is 0. The number of hydrogen-bond donors (Lipinski definition) is 2. The van der Waals surface area contributed by atoms with E-state index in [0.717, 1.165) is 0 Å². The van der Waals surface area contributed by atoms with Crippen LogP contribution in [0.5, 0.6) is 0 Å². The monoisotopic (exact) mass is 258 g/mol. The number of hydrogen-bond acceptors (Lipinski definition) is 5. The molecule has 6 heteroatoms. The standard InChI is InChI=1S/C11H16NO4P/c1-3-15-17(14,16-4-2)11(12-13)10-8-6-5-7-9-10/h5-9,14H,3-4H2,1-2H3/p+1. The molecule has 0 unspecified atom stereocenters. The number of nitrogens with zero attached hydrogens (tertiary/aromatic N) is 1. The van der Waals surface area contributed by atoms with Gasteiger partial charge in [0.1, 0.15) is 0 Å². The van der Waals surface area contributed by atoms with Crippen LogP contribution in [0.3, 0.4) is 0 Å². The van der Waals surface area contributed by atoms with Crippen molar-refractivity contribution in [3.8, 4) is 0 Å². The van der Waals surface area contributed by atoms with Crippen LogP contribution in [0.15, 0.2) is 35.5 Å². The minimum Gasteiger partial charge on any atom is -0.407 e. The SMILES string of the molecule is CCO[P+](O)(OCC)C(=NO)c1ccccc1. The summed E-state index contributed by atoms with van der Waals surface area (Å²) in [4.78, 5) is 10.3. The Morgan fingerprint density at radius 1 is 1.18 bits per heavy atom. The molecule has 94 valence electrons. The van der Waals surface area contributed by atoms with E-state index in [-0.39, 0.29) is 18.7 Å². The van der Waals surface area contributed by atoms with Gasteiger partial charge in [-0.1, -0.05) is 18.2 Å². The van der Waals surface area contributed by atoms with E-state index in [9.17, 15) is 4.89 Å². The maximum Gasteiger partial charge on any atom is 0.469 e. The van der Waals surface area contributed by atoms with Gasteiger partial charge in [-0.05, 0) is 31.1 Å². The van der Waals surface area contributed by atoms with Gasteiger partial charge in [-0.25, -0.2) is 0 Å². The van der Waals surface area contributed by atoms with E-state index in [0.29, 0.717) is 5.56 Å².